The van der Waals surface area contributed by atoms with Gasteiger partial charge in [-0.3, -0.25) is 4.98 Å². The Hall–Kier alpha value is -3.03. The van der Waals surface area contributed by atoms with Crippen molar-refractivity contribution >= 4 is 11.8 Å². The Labute approximate surface area is 140 Å². The van der Waals surface area contributed by atoms with Crippen LogP contribution in [0.15, 0.2) is 31.1 Å². The Balaban J connectivity index is 2.15. The van der Waals surface area contributed by atoms with E-state index in [0.717, 1.165) is 6.42 Å². The fourth-order valence-corrected chi connectivity index (χ4v) is 2.01. The molecule has 3 N–H and O–H groups in total. The topological polar surface area (TPSA) is 104 Å². The average molecular weight is 331 g/mol. The molecule has 128 valence electrons. The van der Waals surface area contributed by atoms with Gasteiger partial charge in [0.25, 0.3) is 0 Å². The molecule has 0 aliphatic carbocycles. The van der Waals surface area contributed by atoms with Crippen LogP contribution >= 0.6 is 0 Å². The first-order valence-electron chi connectivity index (χ1n) is 7.35. The molecule has 2 rings (SSSR count). The smallest absolute Gasteiger partial charge is 0.222 e. The molecule has 0 saturated carbocycles. The summed E-state index contributed by atoms with van der Waals surface area (Å²) < 4.78 is 16.4. The summed E-state index contributed by atoms with van der Waals surface area (Å²) in [6, 6.07) is 1.72. The van der Waals surface area contributed by atoms with Crippen molar-refractivity contribution < 1.29 is 14.2 Å². The number of anilines is 2. The normalized spacial score (nSPS) is 10.1. The summed E-state index contributed by atoms with van der Waals surface area (Å²) in [5.41, 5.74) is 6.24. The van der Waals surface area contributed by atoms with Gasteiger partial charge in [0.2, 0.25) is 5.95 Å². The molecule has 8 heteroatoms. The number of hydrogen-bond acceptors (Lipinski definition) is 8. The van der Waals surface area contributed by atoms with Gasteiger partial charge in [-0.05, 0) is 6.42 Å². The molecule has 0 unspecified atom stereocenters. The van der Waals surface area contributed by atoms with Crippen LogP contribution in [-0.2, 0) is 6.61 Å². The molecule has 8 nitrogen and oxygen atoms in total. The summed E-state index contributed by atoms with van der Waals surface area (Å²) in [5, 5.41) is 3.14. The number of aromatic nitrogens is 3. The molecule has 2 heterocycles. The average Bonchev–Trinajstić information content (AvgIpc) is 2.60. The maximum absolute atomic E-state index is 5.78. The number of methoxy groups -OCH3 is 2. The predicted molar refractivity (Wildman–Crippen MR) is 91.4 cm³/mol. The number of nitrogens with zero attached hydrogens (tertiary/aromatic N) is 3. The zero-order valence-electron chi connectivity index (χ0n) is 13.8. The summed E-state index contributed by atoms with van der Waals surface area (Å²) in [6.07, 6.45) is 5.74. The van der Waals surface area contributed by atoms with E-state index in [4.69, 9.17) is 19.9 Å². The molecule has 0 amide bonds. The lowest BCUT2D eigenvalue weighted by atomic mass is 10.3. The van der Waals surface area contributed by atoms with Crippen LogP contribution in [0, 0.1) is 0 Å². The maximum atomic E-state index is 5.78. The number of nitrogens with one attached hydrogen (secondary N) is 1. The fraction of sp³-hybridized carbons (Fsp3) is 0.312. The first-order chi connectivity index (χ1) is 11.7. The van der Waals surface area contributed by atoms with Crippen LogP contribution in [0.1, 0.15) is 12.1 Å². The number of nitrogen functional groups attached to an aromatic ring is 1. The van der Waals surface area contributed by atoms with Crippen LogP contribution in [0.25, 0.3) is 0 Å². The quantitative estimate of drug-likeness (QED) is 0.531. The molecule has 0 saturated heterocycles. The van der Waals surface area contributed by atoms with Crippen molar-refractivity contribution in [2.75, 3.05) is 31.8 Å². The number of hydrogen-bond donors (Lipinski definition) is 2. The highest BCUT2D eigenvalue weighted by Crippen LogP contribution is 2.30. The summed E-state index contributed by atoms with van der Waals surface area (Å²) in [4.78, 5) is 12.4. The van der Waals surface area contributed by atoms with Gasteiger partial charge in [-0.15, -0.1) is 6.58 Å². The van der Waals surface area contributed by atoms with E-state index >= 15 is 0 Å². The first-order valence-corrected chi connectivity index (χ1v) is 7.35. The van der Waals surface area contributed by atoms with Gasteiger partial charge >= 0.3 is 0 Å². The lowest BCUT2D eigenvalue weighted by Crippen LogP contribution is -2.09. The van der Waals surface area contributed by atoms with Crippen LogP contribution in [0.3, 0.4) is 0 Å². The van der Waals surface area contributed by atoms with E-state index in [9.17, 15) is 0 Å². The summed E-state index contributed by atoms with van der Waals surface area (Å²) in [7, 11) is 3.12. The Morgan fingerprint density at radius 2 is 2.08 bits per heavy atom. The predicted octanol–water partition coefficient (Wildman–Crippen LogP) is 2.04. The lowest BCUT2D eigenvalue weighted by molar-refractivity contribution is 0.284. The molecule has 0 atom stereocenters. The third-order valence-electron chi connectivity index (χ3n) is 3.15. The van der Waals surface area contributed by atoms with Gasteiger partial charge in [-0.1, -0.05) is 6.08 Å². The highest BCUT2D eigenvalue weighted by Gasteiger charge is 2.13. The van der Waals surface area contributed by atoms with Gasteiger partial charge in [0.15, 0.2) is 23.1 Å². The molecule has 0 bridgehead atoms. The van der Waals surface area contributed by atoms with E-state index in [2.05, 4.69) is 26.8 Å². The zero-order valence-corrected chi connectivity index (χ0v) is 13.8. The molecule has 0 aliphatic rings. The number of nitrogens with two attached hydrogens (primary N) is 1. The number of ether oxygens (including phenoxy) is 3. The van der Waals surface area contributed by atoms with Crippen molar-refractivity contribution in [3.05, 3.63) is 36.8 Å². The van der Waals surface area contributed by atoms with Crippen LogP contribution < -0.4 is 25.3 Å². The van der Waals surface area contributed by atoms with Crippen LogP contribution in [0.5, 0.6) is 17.2 Å². The number of rotatable bonds is 9. The van der Waals surface area contributed by atoms with E-state index in [-0.39, 0.29) is 12.6 Å². The Morgan fingerprint density at radius 1 is 1.25 bits per heavy atom. The minimum atomic E-state index is 0.167. The molecule has 24 heavy (non-hydrogen) atoms. The minimum Gasteiger partial charge on any atom is -0.493 e. The summed E-state index contributed by atoms with van der Waals surface area (Å²) in [5.74, 6) is 2.27. The Morgan fingerprint density at radius 3 is 2.79 bits per heavy atom. The molecule has 2 aromatic rings. The number of pyridine rings is 1. The van der Waals surface area contributed by atoms with Crippen molar-refractivity contribution in [1.82, 2.24) is 15.0 Å². The van der Waals surface area contributed by atoms with Gasteiger partial charge < -0.3 is 25.3 Å². The largest absolute Gasteiger partial charge is 0.493 e. The van der Waals surface area contributed by atoms with Gasteiger partial charge in [0.1, 0.15) is 12.3 Å². The molecule has 2 aromatic heterocycles. The Bertz CT molecular complexity index is 693. The standard InChI is InChI=1S/C16H21N5O3/c1-4-5-7-19-15-13(9-20-16(17)21-15)24-10-11-14(23-3)12(22-2)6-8-18-11/h4,6,8-9H,1,5,7,10H2,2-3H3,(H3,17,19,20,21). The van der Waals surface area contributed by atoms with Gasteiger partial charge in [-0.25, -0.2) is 4.98 Å². The van der Waals surface area contributed by atoms with Crippen molar-refractivity contribution in [2.24, 2.45) is 0 Å². The molecule has 0 aliphatic heterocycles. The molecule has 0 radical (unpaired) electrons. The second-order valence-electron chi connectivity index (χ2n) is 4.73. The summed E-state index contributed by atoms with van der Waals surface area (Å²) in [6.45, 7) is 4.51. The molecular formula is C16H21N5O3. The zero-order chi connectivity index (χ0) is 17.4. The lowest BCUT2D eigenvalue weighted by Gasteiger charge is -2.14. The minimum absolute atomic E-state index is 0.167. The maximum Gasteiger partial charge on any atom is 0.222 e. The summed E-state index contributed by atoms with van der Waals surface area (Å²) >= 11 is 0. The van der Waals surface area contributed by atoms with Crippen molar-refractivity contribution in [3.63, 3.8) is 0 Å². The van der Waals surface area contributed by atoms with Crippen molar-refractivity contribution in [1.29, 1.82) is 0 Å². The highest BCUT2D eigenvalue weighted by molar-refractivity contribution is 5.51. The molecule has 0 fully saturated rings. The molecule has 0 aromatic carbocycles. The van der Waals surface area contributed by atoms with E-state index < -0.39 is 0 Å². The van der Waals surface area contributed by atoms with E-state index in [1.54, 1.807) is 26.5 Å². The molecular weight excluding hydrogens is 310 g/mol. The van der Waals surface area contributed by atoms with Crippen LogP contribution in [0.4, 0.5) is 11.8 Å². The first kappa shape index (κ1) is 17.3. The van der Waals surface area contributed by atoms with Crippen LogP contribution in [0.2, 0.25) is 0 Å². The van der Waals surface area contributed by atoms with Crippen LogP contribution in [-0.4, -0.2) is 35.7 Å². The Kier molecular flexibility index (Phi) is 6.18. The van der Waals surface area contributed by atoms with Crippen molar-refractivity contribution in [3.8, 4) is 17.2 Å². The second kappa shape index (κ2) is 8.56. The monoisotopic (exact) mass is 331 g/mol. The third-order valence-corrected chi connectivity index (χ3v) is 3.15. The van der Waals surface area contributed by atoms with Crippen molar-refractivity contribution in [2.45, 2.75) is 13.0 Å². The SMILES string of the molecule is C=CCCNc1nc(N)ncc1OCc1nccc(OC)c1OC. The van der Waals surface area contributed by atoms with Gasteiger partial charge in [0, 0.05) is 18.8 Å². The van der Waals surface area contributed by atoms with E-state index in [1.807, 2.05) is 6.08 Å². The van der Waals surface area contributed by atoms with Gasteiger partial charge in [0.05, 0.1) is 20.4 Å². The fourth-order valence-electron chi connectivity index (χ4n) is 2.01. The van der Waals surface area contributed by atoms with E-state index in [0.29, 0.717) is 35.3 Å². The van der Waals surface area contributed by atoms with E-state index in [1.165, 1.54) is 6.20 Å². The second-order valence-corrected chi connectivity index (χ2v) is 4.73. The highest BCUT2D eigenvalue weighted by atomic mass is 16.5. The third kappa shape index (κ3) is 4.25. The van der Waals surface area contributed by atoms with Gasteiger partial charge in [-0.2, -0.15) is 4.98 Å². The molecule has 0 spiro atoms.